The Balaban J connectivity index is 1.84. The van der Waals surface area contributed by atoms with E-state index in [0.717, 1.165) is 5.56 Å². The van der Waals surface area contributed by atoms with Crippen LogP contribution < -0.4 is 14.8 Å². The number of carbonyl (C=O) groups is 1. The molecule has 27 heavy (non-hydrogen) atoms. The molecule has 1 N–H and O–H groups in total. The molecule has 0 aliphatic carbocycles. The van der Waals surface area contributed by atoms with Crippen LogP contribution in [0.5, 0.6) is 11.5 Å². The molecule has 0 saturated heterocycles. The van der Waals surface area contributed by atoms with Crippen molar-refractivity contribution in [3.8, 4) is 11.5 Å². The van der Waals surface area contributed by atoms with Crippen LogP contribution in [0.4, 0.5) is 0 Å². The summed E-state index contributed by atoms with van der Waals surface area (Å²) in [5.41, 5.74) is 0.993. The summed E-state index contributed by atoms with van der Waals surface area (Å²) in [4.78, 5) is 12.8. The highest BCUT2D eigenvalue weighted by Crippen LogP contribution is 2.32. The lowest BCUT2D eigenvalue weighted by Gasteiger charge is -2.21. The molecule has 1 aliphatic heterocycles. The number of ether oxygens (including phenoxy) is 2. The first kappa shape index (κ1) is 19.2. The molecular formula is C20H23NO5S. The van der Waals surface area contributed by atoms with Crippen molar-refractivity contribution in [2.24, 2.45) is 0 Å². The monoisotopic (exact) mass is 389 g/mol. The maximum Gasteiger partial charge on any atom is 0.253 e. The van der Waals surface area contributed by atoms with Crippen molar-refractivity contribution in [2.75, 3.05) is 13.2 Å². The van der Waals surface area contributed by atoms with E-state index in [1.807, 2.05) is 25.1 Å². The van der Waals surface area contributed by atoms with Crippen LogP contribution in [0.25, 0.3) is 0 Å². The summed E-state index contributed by atoms with van der Waals surface area (Å²) in [5.74, 6) is 0.886. The van der Waals surface area contributed by atoms with Crippen molar-refractivity contribution in [1.29, 1.82) is 0 Å². The zero-order valence-electron chi connectivity index (χ0n) is 15.6. The molecule has 3 rings (SSSR count). The fourth-order valence-electron chi connectivity index (χ4n) is 2.84. The molecule has 1 atom stereocenters. The Bertz CT molecular complexity index is 953. The van der Waals surface area contributed by atoms with E-state index >= 15 is 0 Å². The predicted molar refractivity (Wildman–Crippen MR) is 102 cm³/mol. The Morgan fingerprint density at radius 1 is 1.00 bits per heavy atom. The second-order valence-electron chi connectivity index (χ2n) is 6.69. The van der Waals surface area contributed by atoms with E-state index in [1.165, 1.54) is 12.1 Å². The van der Waals surface area contributed by atoms with Gasteiger partial charge in [0, 0.05) is 0 Å². The molecule has 0 bridgehead atoms. The van der Waals surface area contributed by atoms with E-state index in [9.17, 15) is 13.2 Å². The van der Waals surface area contributed by atoms with Crippen molar-refractivity contribution in [1.82, 2.24) is 5.32 Å². The lowest BCUT2D eigenvalue weighted by atomic mass is 10.1. The first-order valence-electron chi connectivity index (χ1n) is 8.84. The Kier molecular flexibility index (Phi) is 5.41. The molecule has 2 aromatic rings. The molecule has 0 saturated carbocycles. The number of fused-ring (bicyclic) bond motifs is 1. The zero-order valence-corrected chi connectivity index (χ0v) is 16.4. The number of amides is 1. The minimum absolute atomic E-state index is 0.0480. The number of rotatable bonds is 5. The van der Waals surface area contributed by atoms with E-state index in [2.05, 4.69) is 5.32 Å². The van der Waals surface area contributed by atoms with Gasteiger partial charge < -0.3 is 14.8 Å². The highest BCUT2D eigenvalue weighted by atomic mass is 32.2. The normalized spacial score (nSPS) is 14.7. The molecular weight excluding hydrogens is 366 g/mol. The Morgan fingerprint density at radius 2 is 1.67 bits per heavy atom. The van der Waals surface area contributed by atoms with Crippen molar-refractivity contribution in [2.45, 2.75) is 37.0 Å². The average molecular weight is 389 g/mol. The van der Waals surface area contributed by atoms with E-state index < -0.39 is 21.0 Å². The van der Waals surface area contributed by atoms with Gasteiger partial charge in [0.2, 0.25) is 0 Å². The van der Waals surface area contributed by atoms with Gasteiger partial charge in [0.05, 0.1) is 21.8 Å². The molecule has 1 amide bonds. The third-order valence-electron chi connectivity index (χ3n) is 4.47. The van der Waals surface area contributed by atoms with Crippen molar-refractivity contribution >= 4 is 15.7 Å². The fraction of sp³-hybridized carbons (Fsp3) is 0.350. The molecule has 7 heteroatoms. The Labute approximate surface area is 159 Å². The van der Waals surface area contributed by atoms with Gasteiger partial charge in [-0.25, -0.2) is 8.42 Å². The summed E-state index contributed by atoms with van der Waals surface area (Å²) in [7, 11) is -3.56. The summed E-state index contributed by atoms with van der Waals surface area (Å²) in [6.45, 7) is 6.03. The molecule has 1 aliphatic rings. The minimum atomic E-state index is -3.56. The lowest BCUT2D eigenvalue weighted by Crippen LogP contribution is -2.29. The Morgan fingerprint density at radius 3 is 2.37 bits per heavy atom. The highest BCUT2D eigenvalue weighted by molar-refractivity contribution is 7.92. The zero-order chi connectivity index (χ0) is 19.6. The van der Waals surface area contributed by atoms with Gasteiger partial charge in [-0.05, 0) is 50.6 Å². The molecule has 144 valence electrons. The Hall–Kier alpha value is -2.54. The van der Waals surface area contributed by atoms with Crippen LogP contribution in [-0.4, -0.2) is 32.8 Å². The maximum atomic E-state index is 12.8. The minimum Gasteiger partial charge on any atom is -0.486 e. The van der Waals surface area contributed by atoms with Crippen LogP contribution in [0, 0.1) is 0 Å². The molecule has 1 unspecified atom stereocenters. The summed E-state index contributed by atoms with van der Waals surface area (Å²) in [6, 6.07) is 11.4. The number of benzene rings is 2. The number of sulfone groups is 1. The summed E-state index contributed by atoms with van der Waals surface area (Å²) in [6.07, 6.45) is 0. The molecule has 0 radical (unpaired) electrons. The van der Waals surface area contributed by atoms with Gasteiger partial charge in [0.25, 0.3) is 5.91 Å². The largest absolute Gasteiger partial charge is 0.486 e. The maximum absolute atomic E-state index is 12.8. The van der Waals surface area contributed by atoms with Crippen LogP contribution in [-0.2, 0) is 9.84 Å². The topological polar surface area (TPSA) is 81.7 Å². The van der Waals surface area contributed by atoms with Gasteiger partial charge >= 0.3 is 0 Å². The quantitative estimate of drug-likeness (QED) is 0.850. The van der Waals surface area contributed by atoms with Crippen LogP contribution in [0.1, 0.15) is 42.7 Å². The predicted octanol–water partition coefficient (Wildman–Crippen LogP) is 3.13. The van der Waals surface area contributed by atoms with Crippen molar-refractivity contribution in [3.63, 3.8) is 0 Å². The van der Waals surface area contributed by atoms with E-state index in [0.29, 0.717) is 24.7 Å². The van der Waals surface area contributed by atoms with Gasteiger partial charge in [-0.15, -0.1) is 0 Å². The van der Waals surface area contributed by atoms with Gasteiger partial charge in [0.1, 0.15) is 13.2 Å². The average Bonchev–Trinajstić information content (AvgIpc) is 2.67. The number of hydrogen-bond donors (Lipinski definition) is 1. The molecule has 2 aromatic carbocycles. The van der Waals surface area contributed by atoms with Gasteiger partial charge in [-0.1, -0.05) is 18.2 Å². The second-order valence-corrected chi connectivity index (χ2v) is 9.16. The van der Waals surface area contributed by atoms with Gasteiger partial charge in [-0.2, -0.15) is 0 Å². The van der Waals surface area contributed by atoms with Crippen LogP contribution in [0.3, 0.4) is 0 Å². The molecule has 0 aromatic heterocycles. The lowest BCUT2D eigenvalue weighted by molar-refractivity contribution is 0.0936. The first-order valence-corrected chi connectivity index (χ1v) is 10.4. The summed E-state index contributed by atoms with van der Waals surface area (Å²) < 4.78 is 36.2. The number of nitrogens with one attached hydrogen (secondary N) is 1. The van der Waals surface area contributed by atoms with Crippen LogP contribution >= 0.6 is 0 Å². The van der Waals surface area contributed by atoms with Crippen LogP contribution in [0.15, 0.2) is 47.4 Å². The SMILES string of the molecule is CC(NC(=O)c1ccccc1S(=O)(=O)C(C)C)c1ccc2c(c1)OCCO2. The number of hydrogen-bond acceptors (Lipinski definition) is 5. The van der Waals surface area contributed by atoms with E-state index in [-0.39, 0.29) is 16.5 Å². The third kappa shape index (κ3) is 3.93. The van der Waals surface area contributed by atoms with Crippen molar-refractivity contribution in [3.05, 3.63) is 53.6 Å². The molecule has 0 spiro atoms. The summed E-state index contributed by atoms with van der Waals surface area (Å²) in [5, 5.41) is 2.26. The third-order valence-corrected chi connectivity index (χ3v) is 6.68. The smallest absolute Gasteiger partial charge is 0.253 e. The molecule has 6 nitrogen and oxygen atoms in total. The second kappa shape index (κ2) is 7.60. The molecule has 0 fully saturated rings. The summed E-state index contributed by atoms with van der Waals surface area (Å²) >= 11 is 0. The van der Waals surface area contributed by atoms with E-state index in [1.54, 1.807) is 26.0 Å². The standard InChI is InChI=1S/C20H23NO5S/c1-13(2)27(23,24)19-7-5-4-6-16(19)20(22)21-14(3)15-8-9-17-18(12-15)26-11-10-25-17/h4-9,12-14H,10-11H2,1-3H3,(H,21,22). The molecule has 1 heterocycles. The van der Waals surface area contributed by atoms with Crippen LogP contribution in [0.2, 0.25) is 0 Å². The van der Waals surface area contributed by atoms with E-state index in [4.69, 9.17) is 9.47 Å². The van der Waals surface area contributed by atoms with Crippen molar-refractivity contribution < 1.29 is 22.7 Å². The highest BCUT2D eigenvalue weighted by Gasteiger charge is 2.26. The fourth-order valence-corrected chi connectivity index (χ4v) is 4.09. The first-order chi connectivity index (χ1) is 12.8. The van der Waals surface area contributed by atoms with Gasteiger partial charge in [-0.3, -0.25) is 4.79 Å². The number of carbonyl (C=O) groups excluding carboxylic acids is 1. The van der Waals surface area contributed by atoms with Gasteiger partial charge in [0.15, 0.2) is 21.3 Å².